The van der Waals surface area contributed by atoms with Gasteiger partial charge < -0.3 is 10.4 Å². The number of hydrogen-bond donors (Lipinski definition) is 2. The molecule has 1 aliphatic rings. The van der Waals surface area contributed by atoms with E-state index < -0.39 is 23.3 Å². The highest BCUT2D eigenvalue weighted by atomic mass is 19.1. The van der Waals surface area contributed by atoms with Crippen molar-refractivity contribution in [2.75, 3.05) is 5.32 Å². The van der Waals surface area contributed by atoms with E-state index in [1.54, 1.807) is 0 Å². The summed E-state index contributed by atoms with van der Waals surface area (Å²) in [5.41, 5.74) is 3.87. The molecule has 0 saturated heterocycles. The van der Waals surface area contributed by atoms with Crippen molar-refractivity contribution in [2.45, 2.75) is 58.3 Å². The van der Waals surface area contributed by atoms with Gasteiger partial charge in [0.15, 0.2) is 0 Å². The molecule has 1 aliphatic carbocycles. The maximum atomic E-state index is 13.9. The molecule has 28 heavy (non-hydrogen) atoms. The summed E-state index contributed by atoms with van der Waals surface area (Å²) in [6.07, 6.45) is 2.17. The van der Waals surface area contributed by atoms with Crippen molar-refractivity contribution < 1.29 is 19.1 Å². The van der Waals surface area contributed by atoms with Crippen molar-refractivity contribution in [1.82, 2.24) is 0 Å². The van der Waals surface area contributed by atoms with Gasteiger partial charge in [0.25, 0.3) is 5.91 Å². The van der Waals surface area contributed by atoms with Crippen LogP contribution in [0.3, 0.4) is 0 Å². The Morgan fingerprint density at radius 1 is 1.00 bits per heavy atom. The number of hydrogen-bond acceptors (Lipinski definition) is 2. The number of carboxylic acid groups (broad SMARTS) is 1. The summed E-state index contributed by atoms with van der Waals surface area (Å²) in [4.78, 5) is 23.6. The van der Waals surface area contributed by atoms with Gasteiger partial charge in [-0.2, -0.15) is 0 Å². The molecule has 2 aromatic carbocycles. The first-order chi connectivity index (χ1) is 12.9. The minimum Gasteiger partial charge on any atom is -0.478 e. The topological polar surface area (TPSA) is 66.4 Å². The first kappa shape index (κ1) is 20.1. The molecule has 0 spiro atoms. The third-order valence-corrected chi connectivity index (χ3v) is 5.91. The summed E-state index contributed by atoms with van der Waals surface area (Å²) in [6.45, 7) is 10.9. The minimum absolute atomic E-state index is 0.00722. The van der Waals surface area contributed by atoms with Crippen LogP contribution in [-0.4, -0.2) is 17.0 Å². The number of fused-ring (bicyclic) bond motifs is 1. The highest BCUT2D eigenvalue weighted by molar-refractivity contribution is 6.05. The molecule has 0 fully saturated rings. The van der Waals surface area contributed by atoms with Crippen LogP contribution in [0.25, 0.3) is 0 Å². The summed E-state index contributed by atoms with van der Waals surface area (Å²) in [6, 6.07) is 7.56. The third-order valence-electron chi connectivity index (χ3n) is 5.91. The van der Waals surface area contributed by atoms with E-state index in [2.05, 4.69) is 39.1 Å². The second-order valence-electron chi connectivity index (χ2n) is 8.93. The van der Waals surface area contributed by atoms with E-state index in [0.29, 0.717) is 5.69 Å². The van der Waals surface area contributed by atoms with Crippen LogP contribution in [0.5, 0.6) is 0 Å². The number of halogens is 1. The van der Waals surface area contributed by atoms with Crippen LogP contribution in [0.4, 0.5) is 10.1 Å². The molecule has 2 N–H and O–H groups in total. The lowest BCUT2D eigenvalue weighted by Gasteiger charge is -2.42. The molecule has 0 unspecified atom stereocenters. The Hall–Kier alpha value is -2.69. The van der Waals surface area contributed by atoms with Crippen LogP contribution >= 0.6 is 0 Å². The van der Waals surface area contributed by atoms with E-state index in [1.807, 2.05) is 13.0 Å². The maximum Gasteiger partial charge on any atom is 0.338 e. The fraction of sp³-hybridized carbons (Fsp3) is 0.391. The lowest BCUT2D eigenvalue weighted by atomic mass is 9.63. The Kier molecular flexibility index (Phi) is 4.82. The number of anilines is 1. The van der Waals surface area contributed by atoms with E-state index >= 15 is 0 Å². The zero-order valence-electron chi connectivity index (χ0n) is 16.9. The van der Waals surface area contributed by atoms with Gasteiger partial charge in [0, 0.05) is 11.3 Å². The molecule has 0 atom stereocenters. The van der Waals surface area contributed by atoms with Gasteiger partial charge in [0.2, 0.25) is 0 Å². The molecule has 0 bridgehead atoms. The van der Waals surface area contributed by atoms with Gasteiger partial charge in [-0.15, -0.1) is 0 Å². The van der Waals surface area contributed by atoms with E-state index in [-0.39, 0.29) is 16.4 Å². The van der Waals surface area contributed by atoms with Crippen LogP contribution in [0.2, 0.25) is 0 Å². The van der Waals surface area contributed by atoms with Crippen LogP contribution in [0, 0.1) is 12.7 Å². The predicted octanol–water partition coefficient (Wildman–Crippen LogP) is 5.43. The molecule has 1 amide bonds. The largest absolute Gasteiger partial charge is 0.478 e. The fourth-order valence-corrected chi connectivity index (χ4v) is 3.88. The third kappa shape index (κ3) is 3.53. The standard InChI is InChI=1S/C23H26FNO3/c1-13-10-16-17(23(4,5)9-8-22(16,2)3)12-19(13)25-20(26)14-6-7-15(21(27)28)18(24)11-14/h6-7,10-12H,8-9H2,1-5H3,(H,25,26)(H,27,28). The van der Waals surface area contributed by atoms with E-state index in [4.69, 9.17) is 5.11 Å². The Bertz CT molecular complexity index is 976. The van der Waals surface area contributed by atoms with Gasteiger partial charge in [0.1, 0.15) is 5.82 Å². The Balaban J connectivity index is 1.96. The Labute approximate surface area is 164 Å². The van der Waals surface area contributed by atoms with Gasteiger partial charge in [0.05, 0.1) is 5.56 Å². The number of aryl methyl sites for hydroxylation is 1. The summed E-state index contributed by atoms with van der Waals surface area (Å²) in [7, 11) is 0. The predicted molar refractivity (Wildman–Crippen MR) is 108 cm³/mol. The van der Waals surface area contributed by atoms with Crippen molar-refractivity contribution in [3.63, 3.8) is 0 Å². The second-order valence-corrected chi connectivity index (χ2v) is 8.93. The highest BCUT2D eigenvalue weighted by Crippen LogP contribution is 2.47. The maximum absolute atomic E-state index is 13.9. The van der Waals surface area contributed by atoms with Crippen molar-refractivity contribution in [3.05, 3.63) is 64.0 Å². The normalized spacial score (nSPS) is 16.9. The lowest BCUT2D eigenvalue weighted by Crippen LogP contribution is -2.34. The number of carbonyl (C=O) groups is 2. The van der Waals surface area contributed by atoms with Crippen LogP contribution in [-0.2, 0) is 10.8 Å². The summed E-state index contributed by atoms with van der Waals surface area (Å²) in [5, 5.41) is 11.8. The number of rotatable bonds is 3. The van der Waals surface area contributed by atoms with Gasteiger partial charge >= 0.3 is 5.97 Å². The van der Waals surface area contributed by atoms with Gasteiger partial charge in [-0.25, -0.2) is 9.18 Å². The first-order valence-corrected chi connectivity index (χ1v) is 9.42. The van der Waals surface area contributed by atoms with Gasteiger partial charge in [-0.05, 0) is 71.6 Å². The molecule has 0 saturated carbocycles. The second kappa shape index (κ2) is 6.73. The van der Waals surface area contributed by atoms with Crippen molar-refractivity contribution in [3.8, 4) is 0 Å². The molecule has 0 radical (unpaired) electrons. The smallest absolute Gasteiger partial charge is 0.338 e. The van der Waals surface area contributed by atoms with E-state index in [0.717, 1.165) is 30.5 Å². The lowest BCUT2D eigenvalue weighted by molar-refractivity contribution is 0.0691. The van der Waals surface area contributed by atoms with Crippen molar-refractivity contribution >= 4 is 17.6 Å². The van der Waals surface area contributed by atoms with E-state index in [1.165, 1.54) is 17.2 Å². The van der Waals surface area contributed by atoms with E-state index in [9.17, 15) is 14.0 Å². The van der Waals surface area contributed by atoms with Crippen molar-refractivity contribution in [2.24, 2.45) is 0 Å². The summed E-state index contributed by atoms with van der Waals surface area (Å²) < 4.78 is 13.9. The zero-order valence-corrected chi connectivity index (χ0v) is 16.9. The zero-order chi connectivity index (χ0) is 20.9. The fourth-order valence-electron chi connectivity index (χ4n) is 3.88. The summed E-state index contributed by atoms with van der Waals surface area (Å²) in [5.74, 6) is -2.75. The number of benzene rings is 2. The van der Waals surface area contributed by atoms with Gasteiger partial charge in [-0.3, -0.25) is 4.79 Å². The average molecular weight is 383 g/mol. The highest BCUT2D eigenvalue weighted by Gasteiger charge is 2.37. The number of aromatic carboxylic acids is 1. The minimum atomic E-state index is -1.36. The monoisotopic (exact) mass is 383 g/mol. The number of nitrogens with one attached hydrogen (secondary N) is 1. The molecular formula is C23H26FNO3. The molecule has 2 aromatic rings. The van der Waals surface area contributed by atoms with Crippen LogP contribution in [0.1, 0.15) is 77.9 Å². The van der Waals surface area contributed by atoms with Crippen molar-refractivity contribution in [1.29, 1.82) is 0 Å². The molecule has 148 valence electrons. The Morgan fingerprint density at radius 2 is 1.57 bits per heavy atom. The molecule has 5 heteroatoms. The molecule has 4 nitrogen and oxygen atoms in total. The first-order valence-electron chi connectivity index (χ1n) is 9.42. The SMILES string of the molecule is Cc1cc2c(cc1NC(=O)c1ccc(C(=O)O)c(F)c1)C(C)(C)CCC2(C)C. The number of carbonyl (C=O) groups excluding carboxylic acids is 1. The number of carboxylic acids is 1. The molecule has 3 rings (SSSR count). The van der Waals surface area contributed by atoms with Crippen LogP contribution < -0.4 is 5.32 Å². The number of amides is 1. The molecule has 0 aromatic heterocycles. The average Bonchev–Trinajstić information content (AvgIpc) is 2.60. The molecule has 0 aliphatic heterocycles. The molecule has 0 heterocycles. The quantitative estimate of drug-likeness (QED) is 0.742. The van der Waals surface area contributed by atoms with Gasteiger partial charge in [-0.1, -0.05) is 33.8 Å². The molecular weight excluding hydrogens is 357 g/mol. The van der Waals surface area contributed by atoms with Crippen LogP contribution in [0.15, 0.2) is 30.3 Å². The Morgan fingerprint density at radius 3 is 2.11 bits per heavy atom. The summed E-state index contributed by atoms with van der Waals surface area (Å²) >= 11 is 0.